The molecule has 1 aromatic carbocycles. The Balaban J connectivity index is 1.83. The van der Waals surface area contributed by atoms with Gasteiger partial charge in [0.05, 0.1) is 19.0 Å². The summed E-state index contributed by atoms with van der Waals surface area (Å²) in [5, 5.41) is 3.81. The summed E-state index contributed by atoms with van der Waals surface area (Å²) in [6, 6.07) is 7.59. The summed E-state index contributed by atoms with van der Waals surface area (Å²) in [5.74, 6) is 0.674. The zero-order valence-electron chi connectivity index (χ0n) is 14.6. The molecule has 0 aromatic heterocycles. The fourth-order valence-electron chi connectivity index (χ4n) is 2.57. The molecule has 1 N–H and O–H groups in total. The Kier molecular flexibility index (Phi) is 7.49. The molecule has 0 bridgehead atoms. The Bertz CT molecular complexity index is 673. The van der Waals surface area contributed by atoms with Gasteiger partial charge in [-0.3, -0.25) is 4.99 Å². The summed E-state index contributed by atoms with van der Waals surface area (Å²) >= 11 is 5.89. The molecule has 0 unspecified atom stereocenters. The number of aliphatic imine (C=N–C) groups is 1. The van der Waals surface area contributed by atoms with Gasteiger partial charge in [-0.1, -0.05) is 23.7 Å². The SMILES string of the molecule is CN=C(NCCS(=O)(=O)N1CCOCC1)N(C)Cc1ccc(Cl)cc1. The molecule has 140 valence electrons. The van der Waals surface area contributed by atoms with Crippen LogP contribution in [0.15, 0.2) is 29.3 Å². The predicted molar refractivity (Wildman–Crippen MR) is 100 cm³/mol. The lowest BCUT2D eigenvalue weighted by Gasteiger charge is -2.27. The third-order valence-corrected chi connectivity index (χ3v) is 6.04. The number of nitrogens with zero attached hydrogens (tertiary/aromatic N) is 3. The van der Waals surface area contributed by atoms with E-state index in [4.69, 9.17) is 16.3 Å². The van der Waals surface area contributed by atoms with Gasteiger partial charge in [-0.2, -0.15) is 4.31 Å². The van der Waals surface area contributed by atoms with Gasteiger partial charge < -0.3 is 15.0 Å². The van der Waals surface area contributed by atoms with Crippen molar-refractivity contribution in [1.82, 2.24) is 14.5 Å². The first-order valence-corrected chi connectivity index (χ1v) is 10.1. The van der Waals surface area contributed by atoms with Crippen molar-refractivity contribution >= 4 is 27.6 Å². The quantitative estimate of drug-likeness (QED) is 0.581. The summed E-state index contributed by atoms with van der Waals surface area (Å²) < 4.78 is 31.3. The highest BCUT2D eigenvalue weighted by atomic mass is 35.5. The van der Waals surface area contributed by atoms with Gasteiger partial charge in [0.15, 0.2) is 5.96 Å². The summed E-state index contributed by atoms with van der Waals surface area (Å²) in [6.45, 7) is 2.71. The Morgan fingerprint density at radius 2 is 1.96 bits per heavy atom. The lowest BCUT2D eigenvalue weighted by molar-refractivity contribution is 0.0730. The maximum Gasteiger partial charge on any atom is 0.215 e. The first-order chi connectivity index (χ1) is 11.9. The summed E-state index contributed by atoms with van der Waals surface area (Å²) in [4.78, 5) is 6.15. The van der Waals surface area contributed by atoms with Crippen LogP contribution in [0.4, 0.5) is 0 Å². The molecule has 7 nitrogen and oxygen atoms in total. The fraction of sp³-hybridized carbons (Fsp3) is 0.562. The highest BCUT2D eigenvalue weighted by molar-refractivity contribution is 7.89. The number of hydrogen-bond donors (Lipinski definition) is 1. The first-order valence-electron chi connectivity index (χ1n) is 8.14. The van der Waals surface area contributed by atoms with E-state index in [1.54, 1.807) is 7.05 Å². The van der Waals surface area contributed by atoms with Crippen molar-refractivity contribution in [3.63, 3.8) is 0 Å². The Labute approximate surface area is 154 Å². The molecule has 1 fully saturated rings. The van der Waals surface area contributed by atoms with E-state index in [0.29, 0.717) is 50.4 Å². The zero-order chi connectivity index (χ0) is 18.3. The predicted octanol–water partition coefficient (Wildman–Crippen LogP) is 1.01. The fourth-order valence-corrected chi connectivity index (χ4v) is 4.02. The van der Waals surface area contributed by atoms with E-state index >= 15 is 0 Å². The molecule has 1 heterocycles. The van der Waals surface area contributed by atoms with Gasteiger partial charge in [-0.05, 0) is 17.7 Å². The van der Waals surface area contributed by atoms with Crippen molar-refractivity contribution in [3.8, 4) is 0 Å². The molecule has 1 aliphatic heterocycles. The normalized spacial score (nSPS) is 16.7. The number of nitrogens with one attached hydrogen (secondary N) is 1. The molecule has 0 amide bonds. The largest absolute Gasteiger partial charge is 0.379 e. The van der Waals surface area contributed by atoms with Crippen molar-refractivity contribution in [2.24, 2.45) is 4.99 Å². The minimum absolute atomic E-state index is 0.0286. The van der Waals surface area contributed by atoms with Gasteiger partial charge in [0, 0.05) is 45.3 Å². The van der Waals surface area contributed by atoms with E-state index in [-0.39, 0.29) is 5.75 Å². The van der Waals surface area contributed by atoms with Crippen LogP contribution in [0.3, 0.4) is 0 Å². The third kappa shape index (κ3) is 6.14. The number of rotatable bonds is 6. The van der Waals surface area contributed by atoms with Crippen molar-refractivity contribution < 1.29 is 13.2 Å². The van der Waals surface area contributed by atoms with Crippen LogP contribution in [-0.4, -0.2) is 76.3 Å². The van der Waals surface area contributed by atoms with Crippen LogP contribution in [0.25, 0.3) is 0 Å². The molecular weight excluding hydrogens is 364 g/mol. The summed E-state index contributed by atoms with van der Waals surface area (Å²) in [7, 11) is 0.307. The monoisotopic (exact) mass is 388 g/mol. The van der Waals surface area contributed by atoms with Gasteiger partial charge in [0.2, 0.25) is 10.0 Å². The minimum Gasteiger partial charge on any atom is -0.379 e. The van der Waals surface area contributed by atoms with Gasteiger partial charge in [0.1, 0.15) is 0 Å². The maximum absolute atomic E-state index is 12.3. The molecule has 2 rings (SSSR count). The van der Waals surface area contributed by atoms with E-state index in [2.05, 4.69) is 10.3 Å². The third-order valence-electron chi connectivity index (χ3n) is 3.91. The zero-order valence-corrected chi connectivity index (χ0v) is 16.2. The van der Waals surface area contributed by atoms with Gasteiger partial charge >= 0.3 is 0 Å². The van der Waals surface area contributed by atoms with E-state index in [9.17, 15) is 8.42 Å². The van der Waals surface area contributed by atoms with Crippen molar-refractivity contribution in [3.05, 3.63) is 34.9 Å². The lowest BCUT2D eigenvalue weighted by Crippen LogP contribution is -2.45. The molecule has 0 radical (unpaired) electrons. The van der Waals surface area contributed by atoms with Crippen molar-refractivity contribution in [2.75, 3.05) is 52.7 Å². The van der Waals surface area contributed by atoms with Crippen LogP contribution in [-0.2, 0) is 21.3 Å². The van der Waals surface area contributed by atoms with Crippen LogP contribution >= 0.6 is 11.6 Å². The number of ether oxygens (including phenoxy) is 1. The molecule has 0 atom stereocenters. The van der Waals surface area contributed by atoms with Crippen LogP contribution in [0, 0.1) is 0 Å². The smallest absolute Gasteiger partial charge is 0.215 e. The van der Waals surface area contributed by atoms with Crippen LogP contribution < -0.4 is 5.32 Å². The minimum atomic E-state index is -3.27. The summed E-state index contributed by atoms with van der Waals surface area (Å²) in [5.41, 5.74) is 1.09. The Morgan fingerprint density at radius 1 is 1.32 bits per heavy atom. The Hall–Kier alpha value is -1.35. The second-order valence-electron chi connectivity index (χ2n) is 5.78. The molecule has 9 heteroatoms. The highest BCUT2D eigenvalue weighted by Crippen LogP contribution is 2.11. The summed E-state index contributed by atoms with van der Waals surface area (Å²) in [6.07, 6.45) is 0. The molecule has 1 saturated heterocycles. The van der Waals surface area contributed by atoms with Crippen molar-refractivity contribution in [1.29, 1.82) is 0 Å². The van der Waals surface area contributed by atoms with E-state index < -0.39 is 10.0 Å². The number of morpholine rings is 1. The van der Waals surface area contributed by atoms with Gasteiger partial charge in [0.25, 0.3) is 0 Å². The Morgan fingerprint density at radius 3 is 2.56 bits per heavy atom. The number of halogens is 1. The van der Waals surface area contributed by atoms with E-state index in [0.717, 1.165) is 5.56 Å². The van der Waals surface area contributed by atoms with Crippen LogP contribution in [0.5, 0.6) is 0 Å². The second kappa shape index (κ2) is 9.38. The lowest BCUT2D eigenvalue weighted by atomic mass is 10.2. The molecular formula is C16H25ClN4O3S. The number of sulfonamides is 1. The van der Waals surface area contributed by atoms with Gasteiger partial charge in [-0.25, -0.2) is 8.42 Å². The number of benzene rings is 1. The standard InChI is InChI=1S/C16H25ClN4O3S/c1-18-16(20(2)13-14-3-5-15(17)6-4-14)19-7-12-25(22,23)21-8-10-24-11-9-21/h3-6H,7-13H2,1-2H3,(H,18,19). The maximum atomic E-state index is 12.3. The highest BCUT2D eigenvalue weighted by Gasteiger charge is 2.23. The first kappa shape index (κ1) is 20.0. The molecule has 1 aliphatic rings. The molecule has 25 heavy (non-hydrogen) atoms. The second-order valence-corrected chi connectivity index (χ2v) is 8.31. The van der Waals surface area contributed by atoms with E-state index in [1.807, 2.05) is 36.2 Å². The average molecular weight is 389 g/mol. The van der Waals surface area contributed by atoms with Gasteiger partial charge in [-0.15, -0.1) is 0 Å². The number of guanidine groups is 1. The van der Waals surface area contributed by atoms with Crippen molar-refractivity contribution in [2.45, 2.75) is 6.54 Å². The molecule has 0 aliphatic carbocycles. The average Bonchev–Trinajstić information content (AvgIpc) is 2.61. The molecule has 0 spiro atoms. The molecule has 0 saturated carbocycles. The molecule has 1 aromatic rings. The number of hydrogen-bond acceptors (Lipinski definition) is 4. The van der Waals surface area contributed by atoms with Crippen LogP contribution in [0.2, 0.25) is 5.02 Å². The van der Waals surface area contributed by atoms with E-state index in [1.165, 1.54) is 4.31 Å². The topological polar surface area (TPSA) is 74.2 Å². The van der Waals surface area contributed by atoms with Crippen LogP contribution in [0.1, 0.15) is 5.56 Å².